The highest BCUT2D eigenvalue weighted by molar-refractivity contribution is 7.92. The average molecular weight is 389 g/mol. The molecule has 2 aromatic carbocycles. The van der Waals surface area contributed by atoms with E-state index in [9.17, 15) is 18.0 Å². The Morgan fingerprint density at radius 3 is 2.56 bits per heavy atom. The van der Waals surface area contributed by atoms with Crippen LogP contribution in [0.15, 0.2) is 48.5 Å². The molecule has 1 atom stereocenters. The van der Waals surface area contributed by atoms with Crippen LogP contribution in [0.5, 0.6) is 5.75 Å². The van der Waals surface area contributed by atoms with Gasteiger partial charge in [-0.05, 0) is 31.2 Å². The summed E-state index contributed by atoms with van der Waals surface area (Å²) in [6.07, 6.45) is -1.08. The van der Waals surface area contributed by atoms with Crippen LogP contribution in [-0.2, 0) is 14.8 Å². The van der Waals surface area contributed by atoms with Gasteiger partial charge in [0.1, 0.15) is 5.75 Å². The molecule has 3 rings (SSSR count). The van der Waals surface area contributed by atoms with Gasteiger partial charge in [0, 0.05) is 0 Å². The number of hydrogen-bond acceptors (Lipinski definition) is 5. The number of rotatable bonds is 5. The Kier molecular flexibility index (Phi) is 5.04. The first-order valence-electron chi connectivity index (χ1n) is 8.29. The number of fused-ring (bicyclic) bond motifs is 1. The first-order chi connectivity index (χ1) is 12.8. The second-order valence-corrected chi connectivity index (χ2v) is 8.09. The second kappa shape index (κ2) is 7.28. The third kappa shape index (κ3) is 3.72. The standard InChI is InChI=1S/C18H19N3O5S/c1-2-27(24,25)21-11-16(26-15-10-6-5-9-14(15)21)18(23)20-13-8-4-3-7-12(13)17(19)22/h3-10,16H,2,11H2,1H3,(H2,19,22)(H,20,23)/t16-/m0/s1. The summed E-state index contributed by atoms with van der Waals surface area (Å²) in [5.74, 6) is -1.07. The van der Waals surface area contributed by atoms with Crippen molar-refractivity contribution in [1.29, 1.82) is 0 Å². The van der Waals surface area contributed by atoms with Crippen molar-refractivity contribution < 1.29 is 22.7 Å². The summed E-state index contributed by atoms with van der Waals surface area (Å²) in [5.41, 5.74) is 6.10. The summed E-state index contributed by atoms with van der Waals surface area (Å²) in [5, 5.41) is 2.60. The molecule has 1 aliphatic rings. The first kappa shape index (κ1) is 18.7. The van der Waals surface area contributed by atoms with Crippen molar-refractivity contribution in [3.63, 3.8) is 0 Å². The van der Waals surface area contributed by atoms with Crippen LogP contribution in [-0.4, -0.2) is 38.6 Å². The molecule has 0 saturated heterocycles. The number of sulfonamides is 1. The number of carbonyl (C=O) groups is 2. The molecule has 0 aromatic heterocycles. The topological polar surface area (TPSA) is 119 Å². The largest absolute Gasteiger partial charge is 0.476 e. The molecule has 8 nitrogen and oxygen atoms in total. The molecule has 0 saturated carbocycles. The van der Waals surface area contributed by atoms with E-state index in [4.69, 9.17) is 10.5 Å². The molecule has 2 aromatic rings. The lowest BCUT2D eigenvalue weighted by Crippen LogP contribution is -2.49. The number of hydrogen-bond donors (Lipinski definition) is 2. The summed E-state index contributed by atoms with van der Waals surface area (Å²) in [6.45, 7) is 1.36. The highest BCUT2D eigenvalue weighted by Crippen LogP contribution is 2.35. The number of amides is 2. The van der Waals surface area contributed by atoms with Gasteiger partial charge in [-0.15, -0.1) is 0 Å². The van der Waals surface area contributed by atoms with Gasteiger partial charge in [0.15, 0.2) is 6.10 Å². The van der Waals surface area contributed by atoms with Gasteiger partial charge in [-0.3, -0.25) is 13.9 Å². The Hall–Kier alpha value is -3.07. The minimum atomic E-state index is -3.60. The summed E-state index contributed by atoms with van der Waals surface area (Å²) in [7, 11) is -3.60. The zero-order chi connectivity index (χ0) is 19.6. The summed E-state index contributed by atoms with van der Waals surface area (Å²) < 4.78 is 31.8. The molecule has 0 spiro atoms. The van der Waals surface area contributed by atoms with Crippen molar-refractivity contribution in [2.24, 2.45) is 5.73 Å². The maximum Gasteiger partial charge on any atom is 0.267 e. The van der Waals surface area contributed by atoms with E-state index in [-0.39, 0.29) is 23.5 Å². The van der Waals surface area contributed by atoms with Gasteiger partial charge >= 0.3 is 0 Å². The Balaban J connectivity index is 1.90. The SMILES string of the molecule is CCS(=O)(=O)N1C[C@@H](C(=O)Nc2ccccc2C(N)=O)Oc2ccccc21. The van der Waals surface area contributed by atoms with Crippen LogP contribution in [0.2, 0.25) is 0 Å². The van der Waals surface area contributed by atoms with Gasteiger partial charge < -0.3 is 15.8 Å². The number of anilines is 2. The van der Waals surface area contributed by atoms with E-state index in [0.717, 1.165) is 0 Å². The average Bonchev–Trinajstić information content (AvgIpc) is 2.67. The van der Waals surface area contributed by atoms with Crippen molar-refractivity contribution in [3.8, 4) is 5.75 Å². The van der Waals surface area contributed by atoms with Crippen LogP contribution >= 0.6 is 0 Å². The molecular formula is C18H19N3O5S. The smallest absolute Gasteiger partial charge is 0.267 e. The molecule has 3 N–H and O–H groups in total. The molecule has 0 radical (unpaired) electrons. The van der Waals surface area contributed by atoms with E-state index in [1.807, 2.05) is 0 Å². The molecule has 2 amide bonds. The van der Waals surface area contributed by atoms with Crippen molar-refractivity contribution in [2.75, 3.05) is 21.9 Å². The predicted octanol–water partition coefficient (Wildman–Crippen LogP) is 1.34. The van der Waals surface area contributed by atoms with Crippen molar-refractivity contribution in [2.45, 2.75) is 13.0 Å². The highest BCUT2D eigenvalue weighted by atomic mass is 32.2. The normalized spacial score (nSPS) is 16.2. The van der Waals surface area contributed by atoms with Crippen LogP contribution < -0.4 is 20.1 Å². The van der Waals surface area contributed by atoms with Crippen LogP contribution in [0.3, 0.4) is 0 Å². The maximum atomic E-state index is 12.7. The quantitative estimate of drug-likeness (QED) is 0.800. The Morgan fingerprint density at radius 1 is 1.19 bits per heavy atom. The van der Waals surface area contributed by atoms with Gasteiger partial charge in [0.25, 0.3) is 11.8 Å². The summed E-state index contributed by atoms with van der Waals surface area (Å²) >= 11 is 0. The number of para-hydroxylation sites is 3. The van der Waals surface area contributed by atoms with Crippen LogP contribution in [0.1, 0.15) is 17.3 Å². The number of ether oxygens (including phenoxy) is 1. The van der Waals surface area contributed by atoms with Crippen molar-refractivity contribution in [3.05, 3.63) is 54.1 Å². The number of carbonyl (C=O) groups excluding carboxylic acids is 2. The molecule has 1 aliphatic heterocycles. The highest BCUT2D eigenvalue weighted by Gasteiger charge is 2.36. The third-order valence-electron chi connectivity index (χ3n) is 4.18. The van der Waals surface area contributed by atoms with Gasteiger partial charge in [-0.25, -0.2) is 8.42 Å². The number of primary amides is 1. The Bertz CT molecular complexity index is 990. The van der Waals surface area contributed by atoms with E-state index in [0.29, 0.717) is 11.4 Å². The van der Waals surface area contributed by atoms with Gasteiger partial charge in [-0.1, -0.05) is 24.3 Å². The van der Waals surface area contributed by atoms with Gasteiger partial charge in [0.05, 0.1) is 29.2 Å². The molecule has 0 fully saturated rings. The summed E-state index contributed by atoms with van der Waals surface area (Å²) in [6, 6.07) is 12.9. The lowest BCUT2D eigenvalue weighted by molar-refractivity contribution is -0.122. The number of benzene rings is 2. The van der Waals surface area contributed by atoms with E-state index in [1.165, 1.54) is 23.4 Å². The van der Waals surface area contributed by atoms with Crippen LogP contribution in [0.4, 0.5) is 11.4 Å². The zero-order valence-electron chi connectivity index (χ0n) is 14.6. The number of nitrogens with two attached hydrogens (primary N) is 1. The van der Waals surface area contributed by atoms with Gasteiger partial charge in [-0.2, -0.15) is 0 Å². The van der Waals surface area contributed by atoms with Crippen molar-refractivity contribution >= 4 is 33.2 Å². The van der Waals surface area contributed by atoms with Gasteiger partial charge in [0.2, 0.25) is 10.0 Å². The Morgan fingerprint density at radius 2 is 1.85 bits per heavy atom. The minimum absolute atomic E-state index is 0.111. The molecule has 1 heterocycles. The van der Waals surface area contributed by atoms with E-state index in [2.05, 4.69) is 5.32 Å². The van der Waals surface area contributed by atoms with Crippen molar-refractivity contribution in [1.82, 2.24) is 0 Å². The van der Waals surface area contributed by atoms with Crippen LogP contribution in [0, 0.1) is 0 Å². The molecule has 0 unspecified atom stereocenters. The van der Waals surface area contributed by atoms with Crippen LogP contribution in [0.25, 0.3) is 0 Å². The fourth-order valence-electron chi connectivity index (χ4n) is 2.78. The third-order valence-corrected chi connectivity index (χ3v) is 5.93. The molecule has 0 aliphatic carbocycles. The fraction of sp³-hybridized carbons (Fsp3) is 0.222. The van der Waals surface area contributed by atoms with E-state index in [1.54, 1.807) is 36.4 Å². The zero-order valence-corrected chi connectivity index (χ0v) is 15.4. The maximum absolute atomic E-state index is 12.7. The summed E-state index contributed by atoms with van der Waals surface area (Å²) in [4.78, 5) is 24.2. The number of nitrogens with zero attached hydrogens (tertiary/aromatic N) is 1. The second-order valence-electron chi connectivity index (χ2n) is 5.90. The monoisotopic (exact) mass is 389 g/mol. The lowest BCUT2D eigenvalue weighted by atomic mass is 10.1. The first-order valence-corrected chi connectivity index (χ1v) is 9.90. The van der Waals surface area contributed by atoms with E-state index >= 15 is 0 Å². The Labute approximate surface area is 157 Å². The minimum Gasteiger partial charge on any atom is -0.476 e. The molecule has 142 valence electrons. The van der Waals surface area contributed by atoms with E-state index < -0.39 is 27.9 Å². The lowest BCUT2D eigenvalue weighted by Gasteiger charge is -2.34. The fourth-order valence-corrected chi connectivity index (χ4v) is 3.90. The predicted molar refractivity (Wildman–Crippen MR) is 101 cm³/mol. The number of nitrogens with one attached hydrogen (secondary N) is 1. The molecule has 0 bridgehead atoms. The molecule has 9 heteroatoms. The molecular weight excluding hydrogens is 370 g/mol. The molecule has 27 heavy (non-hydrogen) atoms.